The zero-order chi connectivity index (χ0) is 13.1. The third kappa shape index (κ3) is 2.41. The van der Waals surface area contributed by atoms with Crippen LogP contribution in [0.2, 0.25) is 0 Å². The fourth-order valence-electron chi connectivity index (χ4n) is 2.10. The first-order valence-electron chi connectivity index (χ1n) is 6.26. The van der Waals surface area contributed by atoms with Gasteiger partial charge in [-0.25, -0.2) is 4.79 Å². The Morgan fingerprint density at radius 2 is 2.17 bits per heavy atom. The van der Waals surface area contributed by atoms with Crippen molar-refractivity contribution in [2.75, 3.05) is 36.0 Å². The van der Waals surface area contributed by atoms with Gasteiger partial charge in [-0.15, -0.1) is 11.8 Å². The van der Waals surface area contributed by atoms with Crippen molar-refractivity contribution >= 4 is 29.2 Å². The third-order valence-corrected chi connectivity index (χ3v) is 4.15. The lowest BCUT2D eigenvalue weighted by Crippen LogP contribution is -2.45. The monoisotopic (exact) mass is 265 g/mol. The second kappa shape index (κ2) is 5.52. The zero-order valence-corrected chi connectivity index (χ0v) is 11.7. The quantitative estimate of drug-likeness (QED) is 0.836. The molecule has 2 amide bonds. The largest absolute Gasteiger partial charge is 0.399 e. The molecule has 2 rings (SSSR count). The highest BCUT2D eigenvalue weighted by molar-refractivity contribution is 7.99. The minimum atomic E-state index is 0.0761. The van der Waals surface area contributed by atoms with Crippen LogP contribution in [0.5, 0.6) is 0 Å². The highest BCUT2D eigenvalue weighted by Gasteiger charge is 2.25. The fraction of sp³-hybridized carbons (Fsp3) is 0.462. The van der Waals surface area contributed by atoms with Gasteiger partial charge in [-0.05, 0) is 32.0 Å². The molecule has 0 aliphatic carbocycles. The number of nitrogen functional groups attached to an aromatic ring is 1. The second-order valence-electron chi connectivity index (χ2n) is 4.18. The van der Waals surface area contributed by atoms with Crippen LogP contribution in [-0.2, 0) is 0 Å². The van der Waals surface area contributed by atoms with E-state index in [0.29, 0.717) is 5.69 Å². The molecule has 4 nitrogen and oxygen atoms in total. The molecular formula is C13H19N3OS. The van der Waals surface area contributed by atoms with E-state index in [1.807, 2.05) is 41.8 Å². The molecule has 0 saturated heterocycles. The predicted octanol–water partition coefficient (Wildman–Crippen LogP) is 2.64. The van der Waals surface area contributed by atoms with Crippen LogP contribution in [0.4, 0.5) is 16.2 Å². The van der Waals surface area contributed by atoms with Gasteiger partial charge < -0.3 is 10.6 Å². The Bertz CT molecular complexity index is 446. The van der Waals surface area contributed by atoms with Crippen molar-refractivity contribution in [1.29, 1.82) is 0 Å². The Kier molecular flexibility index (Phi) is 4.01. The summed E-state index contributed by atoms with van der Waals surface area (Å²) in [6.45, 7) is 6.21. The smallest absolute Gasteiger partial charge is 0.324 e. The van der Waals surface area contributed by atoms with Crippen molar-refractivity contribution in [3.8, 4) is 0 Å². The van der Waals surface area contributed by atoms with Crippen LogP contribution in [0.3, 0.4) is 0 Å². The molecule has 1 aliphatic rings. The minimum Gasteiger partial charge on any atom is -0.399 e. The molecule has 1 aromatic rings. The molecule has 0 bridgehead atoms. The van der Waals surface area contributed by atoms with Crippen LogP contribution in [0.25, 0.3) is 0 Å². The van der Waals surface area contributed by atoms with Gasteiger partial charge in [-0.2, -0.15) is 0 Å². The number of nitrogens with zero attached hydrogens (tertiary/aromatic N) is 2. The molecule has 1 aromatic carbocycles. The summed E-state index contributed by atoms with van der Waals surface area (Å²) in [4.78, 5) is 17.3. The number of anilines is 2. The number of benzene rings is 1. The van der Waals surface area contributed by atoms with E-state index in [-0.39, 0.29) is 6.03 Å². The van der Waals surface area contributed by atoms with Gasteiger partial charge in [0.2, 0.25) is 0 Å². The number of amides is 2. The molecule has 0 aromatic heterocycles. The van der Waals surface area contributed by atoms with Crippen molar-refractivity contribution in [2.45, 2.75) is 18.7 Å². The van der Waals surface area contributed by atoms with Crippen molar-refractivity contribution in [3.05, 3.63) is 18.2 Å². The summed E-state index contributed by atoms with van der Waals surface area (Å²) < 4.78 is 0. The summed E-state index contributed by atoms with van der Waals surface area (Å²) >= 11 is 1.78. The molecule has 0 radical (unpaired) electrons. The van der Waals surface area contributed by atoms with Crippen molar-refractivity contribution in [2.24, 2.45) is 0 Å². The van der Waals surface area contributed by atoms with Gasteiger partial charge in [0.05, 0.1) is 5.69 Å². The average Bonchev–Trinajstić information content (AvgIpc) is 2.39. The summed E-state index contributed by atoms with van der Waals surface area (Å²) in [6, 6.07) is 5.85. The molecule has 18 heavy (non-hydrogen) atoms. The first-order valence-corrected chi connectivity index (χ1v) is 7.24. The number of hydrogen-bond acceptors (Lipinski definition) is 3. The number of urea groups is 1. The highest BCUT2D eigenvalue weighted by Crippen LogP contribution is 2.36. The molecule has 1 heterocycles. The van der Waals surface area contributed by atoms with Gasteiger partial charge in [0.15, 0.2) is 0 Å². The maximum absolute atomic E-state index is 12.4. The first-order chi connectivity index (χ1) is 8.67. The fourth-order valence-corrected chi connectivity index (χ4v) is 3.07. The molecule has 0 spiro atoms. The predicted molar refractivity (Wildman–Crippen MR) is 77.2 cm³/mol. The van der Waals surface area contributed by atoms with E-state index in [1.165, 1.54) is 0 Å². The van der Waals surface area contributed by atoms with Gasteiger partial charge in [0, 0.05) is 36.0 Å². The Morgan fingerprint density at radius 1 is 1.44 bits per heavy atom. The molecule has 0 unspecified atom stereocenters. The van der Waals surface area contributed by atoms with Crippen LogP contribution in [-0.4, -0.2) is 36.3 Å². The van der Waals surface area contributed by atoms with E-state index in [0.717, 1.165) is 36.0 Å². The number of nitrogens with two attached hydrogens (primary N) is 1. The van der Waals surface area contributed by atoms with E-state index in [9.17, 15) is 4.79 Å². The molecule has 1 aliphatic heterocycles. The lowest BCUT2D eigenvalue weighted by molar-refractivity contribution is 0.210. The molecule has 2 N–H and O–H groups in total. The Morgan fingerprint density at radius 3 is 2.83 bits per heavy atom. The van der Waals surface area contributed by atoms with E-state index in [1.54, 1.807) is 11.8 Å². The van der Waals surface area contributed by atoms with Crippen LogP contribution >= 0.6 is 11.8 Å². The standard InChI is InChI=1S/C13H19N3OS/c1-3-15(4-2)13(17)16-7-8-18-12-6-5-10(14)9-11(12)16/h5-6,9H,3-4,7-8,14H2,1-2H3. The zero-order valence-electron chi connectivity index (χ0n) is 10.8. The van der Waals surface area contributed by atoms with E-state index < -0.39 is 0 Å². The summed E-state index contributed by atoms with van der Waals surface area (Å²) in [5.41, 5.74) is 7.47. The number of fused-ring (bicyclic) bond motifs is 1. The van der Waals surface area contributed by atoms with Gasteiger partial charge in [-0.3, -0.25) is 4.90 Å². The maximum Gasteiger partial charge on any atom is 0.324 e. The number of hydrogen-bond donors (Lipinski definition) is 1. The first kappa shape index (κ1) is 13.1. The topological polar surface area (TPSA) is 49.6 Å². The summed E-state index contributed by atoms with van der Waals surface area (Å²) in [7, 11) is 0. The van der Waals surface area contributed by atoms with Gasteiger partial charge >= 0.3 is 6.03 Å². The van der Waals surface area contributed by atoms with Crippen molar-refractivity contribution in [3.63, 3.8) is 0 Å². The van der Waals surface area contributed by atoms with Gasteiger partial charge in [0.25, 0.3) is 0 Å². The average molecular weight is 265 g/mol. The highest BCUT2D eigenvalue weighted by atomic mass is 32.2. The Labute approximate surface area is 112 Å². The van der Waals surface area contributed by atoms with Crippen LogP contribution in [0, 0.1) is 0 Å². The van der Waals surface area contributed by atoms with Crippen LogP contribution < -0.4 is 10.6 Å². The molecule has 98 valence electrons. The Balaban J connectivity index is 2.32. The number of thioether (sulfide) groups is 1. The Hall–Kier alpha value is -1.36. The van der Waals surface area contributed by atoms with E-state index in [4.69, 9.17) is 5.73 Å². The van der Waals surface area contributed by atoms with Gasteiger partial charge in [-0.1, -0.05) is 0 Å². The molecule has 5 heteroatoms. The van der Waals surface area contributed by atoms with Crippen molar-refractivity contribution < 1.29 is 4.79 Å². The van der Waals surface area contributed by atoms with Crippen LogP contribution in [0.15, 0.2) is 23.1 Å². The van der Waals surface area contributed by atoms with Crippen LogP contribution in [0.1, 0.15) is 13.8 Å². The van der Waals surface area contributed by atoms with E-state index >= 15 is 0 Å². The number of carbonyl (C=O) groups is 1. The van der Waals surface area contributed by atoms with E-state index in [2.05, 4.69) is 0 Å². The maximum atomic E-state index is 12.4. The summed E-state index contributed by atoms with van der Waals surface area (Å²) in [6.07, 6.45) is 0. The molecule has 0 atom stereocenters. The second-order valence-corrected chi connectivity index (χ2v) is 5.32. The SMILES string of the molecule is CCN(CC)C(=O)N1CCSc2ccc(N)cc21. The lowest BCUT2D eigenvalue weighted by atomic mass is 10.2. The molecular weight excluding hydrogens is 246 g/mol. The third-order valence-electron chi connectivity index (χ3n) is 3.11. The lowest BCUT2D eigenvalue weighted by Gasteiger charge is -2.33. The number of rotatable bonds is 2. The normalized spacial score (nSPS) is 14.2. The summed E-state index contributed by atoms with van der Waals surface area (Å²) in [5, 5.41) is 0. The molecule has 0 fully saturated rings. The van der Waals surface area contributed by atoms with Gasteiger partial charge in [0.1, 0.15) is 0 Å². The summed E-state index contributed by atoms with van der Waals surface area (Å²) in [5.74, 6) is 0.934. The number of carbonyl (C=O) groups excluding carboxylic acids is 1. The molecule has 0 saturated carbocycles. The van der Waals surface area contributed by atoms with Crippen molar-refractivity contribution in [1.82, 2.24) is 4.90 Å². The minimum absolute atomic E-state index is 0.0761.